The number of nitrogens with one attached hydrogen (secondary N) is 1. The molecule has 1 unspecified atom stereocenters. The predicted octanol–water partition coefficient (Wildman–Crippen LogP) is 2.36. The Bertz CT molecular complexity index is 661. The molecule has 1 N–H and O–H groups in total. The van der Waals surface area contributed by atoms with Gasteiger partial charge in [0.25, 0.3) is 5.91 Å². The molecule has 0 aliphatic carbocycles. The van der Waals surface area contributed by atoms with Gasteiger partial charge in [0.15, 0.2) is 0 Å². The van der Waals surface area contributed by atoms with Crippen LogP contribution in [0.4, 0.5) is 5.82 Å². The zero-order valence-corrected chi connectivity index (χ0v) is 13.3. The van der Waals surface area contributed by atoms with E-state index in [4.69, 9.17) is 0 Å². The molecular formula is C17H21N5O. The minimum absolute atomic E-state index is 0.0108. The lowest BCUT2D eigenvalue weighted by Gasteiger charge is -2.30. The molecule has 0 saturated carbocycles. The molecule has 0 radical (unpaired) electrons. The predicted molar refractivity (Wildman–Crippen MR) is 87.9 cm³/mol. The third kappa shape index (κ3) is 4.03. The quantitative estimate of drug-likeness (QED) is 0.938. The van der Waals surface area contributed by atoms with Crippen LogP contribution in [0.5, 0.6) is 0 Å². The summed E-state index contributed by atoms with van der Waals surface area (Å²) < 4.78 is 0. The van der Waals surface area contributed by atoms with Gasteiger partial charge in [-0.3, -0.25) is 9.78 Å². The highest BCUT2D eigenvalue weighted by atomic mass is 16.2. The minimum Gasteiger partial charge on any atom is -0.366 e. The lowest BCUT2D eigenvalue weighted by Crippen LogP contribution is -2.39. The number of hydrogen-bond donors (Lipinski definition) is 1. The summed E-state index contributed by atoms with van der Waals surface area (Å²) >= 11 is 0. The molecule has 6 heteroatoms. The van der Waals surface area contributed by atoms with Crippen molar-refractivity contribution in [3.63, 3.8) is 0 Å². The molecule has 1 saturated heterocycles. The first-order valence-corrected chi connectivity index (χ1v) is 7.96. The molecule has 1 amide bonds. The lowest BCUT2D eigenvalue weighted by molar-refractivity contribution is 0.0677. The SMILES string of the molecule is CC1CCCN(C(=O)c2cc(NCc3cccnc3)ncn2)C1. The molecule has 3 heterocycles. The standard InChI is InChI=1S/C17H21N5O/c1-13-4-3-7-22(11-13)17(23)15-8-16(21-12-20-15)19-10-14-5-2-6-18-9-14/h2,5-6,8-9,12-13H,3-4,7,10-11H2,1H3,(H,19,20,21). The van der Waals surface area contributed by atoms with Crippen LogP contribution in [0.25, 0.3) is 0 Å². The molecule has 1 atom stereocenters. The zero-order valence-electron chi connectivity index (χ0n) is 13.3. The van der Waals surface area contributed by atoms with Gasteiger partial charge < -0.3 is 10.2 Å². The van der Waals surface area contributed by atoms with Crippen molar-refractivity contribution in [1.29, 1.82) is 0 Å². The lowest BCUT2D eigenvalue weighted by atomic mass is 10.00. The van der Waals surface area contributed by atoms with Crippen molar-refractivity contribution in [3.8, 4) is 0 Å². The van der Waals surface area contributed by atoms with E-state index in [1.807, 2.05) is 17.0 Å². The zero-order chi connectivity index (χ0) is 16.1. The Balaban J connectivity index is 1.66. The maximum atomic E-state index is 12.6. The fourth-order valence-corrected chi connectivity index (χ4v) is 2.80. The topological polar surface area (TPSA) is 71.0 Å². The Hall–Kier alpha value is -2.50. The van der Waals surface area contributed by atoms with Crippen LogP contribution in [0.3, 0.4) is 0 Å². The van der Waals surface area contributed by atoms with E-state index in [0.29, 0.717) is 24.0 Å². The van der Waals surface area contributed by atoms with E-state index >= 15 is 0 Å². The van der Waals surface area contributed by atoms with Crippen LogP contribution in [0.2, 0.25) is 0 Å². The molecule has 23 heavy (non-hydrogen) atoms. The smallest absolute Gasteiger partial charge is 0.272 e. The van der Waals surface area contributed by atoms with Crippen LogP contribution in [-0.2, 0) is 6.54 Å². The summed E-state index contributed by atoms with van der Waals surface area (Å²) in [4.78, 5) is 26.9. The Morgan fingerprint density at radius 2 is 2.35 bits per heavy atom. The molecule has 1 fully saturated rings. The van der Waals surface area contributed by atoms with E-state index < -0.39 is 0 Å². The van der Waals surface area contributed by atoms with Crippen molar-refractivity contribution in [3.05, 3.63) is 48.2 Å². The van der Waals surface area contributed by atoms with Gasteiger partial charge in [-0.2, -0.15) is 0 Å². The Morgan fingerprint density at radius 3 is 3.13 bits per heavy atom. The molecule has 3 rings (SSSR count). The van der Waals surface area contributed by atoms with E-state index in [-0.39, 0.29) is 5.91 Å². The van der Waals surface area contributed by atoms with Gasteiger partial charge in [-0.1, -0.05) is 13.0 Å². The molecule has 6 nitrogen and oxygen atoms in total. The van der Waals surface area contributed by atoms with Crippen molar-refractivity contribution in [2.75, 3.05) is 18.4 Å². The number of likely N-dealkylation sites (tertiary alicyclic amines) is 1. The van der Waals surface area contributed by atoms with Gasteiger partial charge in [-0.25, -0.2) is 9.97 Å². The van der Waals surface area contributed by atoms with Crippen LogP contribution in [0, 0.1) is 5.92 Å². The normalized spacial score (nSPS) is 17.8. The highest BCUT2D eigenvalue weighted by Crippen LogP contribution is 2.18. The monoisotopic (exact) mass is 311 g/mol. The van der Waals surface area contributed by atoms with E-state index in [2.05, 4.69) is 27.2 Å². The summed E-state index contributed by atoms with van der Waals surface area (Å²) in [5.41, 5.74) is 1.51. The van der Waals surface area contributed by atoms with Gasteiger partial charge in [0, 0.05) is 38.1 Å². The average molecular weight is 311 g/mol. The molecule has 2 aromatic rings. The molecule has 0 aromatic carbocycles. The molecule has 0 spiro atoms. The van der Waals surface area contributed by atoms with E-state index in [0.717, 1.165) is 25.1 Å². The third-order valence-corrected chi connectivity index (χ3v) is 4.03. The minimum atomic E-state index is -0.0108. The maximum Gasteiger partial charge on any atom is 0.272 e. The maximum absolute atomic E-state index is 12.6. The van der Waals surface area contributed by atoms with Gasteiger partial charge in [-0.15, -0.1) is 0 Å². The number of pyridine rings is 1. The van der Waals surface area contributed by atoms with Crippen molar-refractivity contribution in [1.82, 2.24) is 19.9 Å². The summed E-state index contributed by atoms with van der Waals surface area (Å²) in [7, 11) is 0. The number of aromatic nitrogens is 3. The fourth-order valence-electron chi connectivity index (χ4n) is 2.80. The number of piperidine rings is 1. The summed E-state index contributed by atoms with van der Waals surface area (Å²) in [6, 6.07) is 5.60. The average Bonchev–Trinajstić information content (AvgIpc) is 2.60. The van der Waals surface area contributed by atoms with Crippen LogP contribution in [-0.4, -0.2) is 38.8 Å². The van der Waals surface area contributed by atoms with E-state index in [1.54, 1.807) is 18.5 Å². The summed E-state index contributed by atoms with van der Waals surface area (Å²) in [6.07, 6.45) is 7.22. The number of carbonyl (C=O) groups excluding carboxylic acids is 1. The van der Waals surface area contributed by atoms with Gasteiger partial charge in [-0.05, 0) is 30.4 Å². The number of rotatable bonds is 4. The van der Waals surface area contributed by atoms with Crippen LogP contribution >= 0.6 is 0 Å². The molecular weight excluding hydrogens is 290 g/mol. The second-order valence-electron chi connectivity index (χ2n) is 6.00. The summed E-state index contributed by atoms with van der Waals surface area (Å²) in [5.74, 6) is 1.19. The van der Waals surface area contributed by atoms with Gasteiger partial charge in [0.2, 0.25) is 0 Å². The first kappa shape index (κ1) is 15.4. The van der Waals surface area contributed by atoms with Crippen LogP contribution < -0.4 is 5.32 Å². The molecule has 2 aromatic heterocycles. The summed E-state index contributed by atoms with van der Waals surface area (Å²) in [5, 5.41) is 3.21. The second-order valence-corrected chi connectivity index (χ2v) is 6.00. The Labute approximate surface area is 136 Å². The Morgan fingerprint density at radius 1 is 1.43 bits per heavy atom. The molecule has 120 valence electrons. The number of amides is 1. The van der Waals surface area contributed by atoms with E-state index in [1.165, 1.54) is 12.7 Å². The fraction of sp³-hybridized carbons (Fsp3) is 0.412. The first-order valence-electron chi connectivity index (χ1n) is 7.96. The number of carbonyl (C=O) groups is 1. The highest BCUT2D eigenvalue weighted by Gasteiger charge is 2.23. The van der Waals surface area contributed by atoms with Crippen molar-refractivity contribution in [2.24, 2.45) is 5.92 Å². The first-order chi connectivity index (χ1) is 11.2. The van der Waals surface area contributed by atoms with Gasteiger partial charge in [0.1, 0.15) is 17.8 Å². The van der Waals surface area contributed by atoms with Crippen molar-refractivity contribution in [2.45, 2.75) is 26.3 Å². The van der Waals surface area contributed by atoms with Crippen molar-refractivity contribution < 1.29 is 4.79 Å². The van der Waals surface area contributed by atoms with Crippen molar-refractivity contribution >= 4 is 11.7 Å². The highest BCUT2D eigenvalue weighted by molar-refractivity contribution is 5.93. The van der Waals surface area contributed by atoms with Crippen LogP contribution in [0.1, 0.15) is 35.8 Å². The molecule has 0 bridgehead atoms. The number of nitrogens with zero attached hydrogens (tertiary/aromatic N) is 4. The van der Waals surface area contributed by atoms with Gasteiger partial charge >= 0.3 is 0 Å². The summed E-state index contributed by atoms with van der Waals surface area (Å²) in [6.45, 7) is 4.41. The number of anilines is 1. The largest absolute Gasteiger partial charge is 0.366 e. The second kappa shape index (κ2) is 7.17. The van der Waals surface area contributed by atoms with Gasteiger partial charge in [0.05, 0.1) is 0 Å². The number of hydrogen-bond acceptors (Lipinski definition) is 5. The Kier molecular flexibility index (Phi) is 4.80. The molecule has 1 aliphatic rings. The third-order valence-electron chi connectivity index (χ3n) is 4.03. The van der Waals surface area contributed by atoms with Crippen LogP contribution in [0.15, 0.2) is 36.9 Å². The van der Waals surface area contributed by atoms with E-state index in [9.17, 15) is 4.79 Å². The molecule has 1 aliphatic heterocycles.